The SMILES string of the molecule is CC(C)Oc1ccccc1NC(=O)C1CC2CCCC(C1)C2N. The number of nitrogens with one attached hydrogen (secondary N) is 1. The molecule has 0 heterocycles. The summed E-state index contributed by atoms with van der Waals surface area (Å²) < 4.78 is 5.79. The summed E-state index contributed by atoms with van der Waals surface area (Å²) in [6, 6.07) is 7.96. The first-order valence-electron chi connectivity index (χ1n) is 8.86. The summed E-state index contributed by atoms with van der Waals surface area (Å²) in [5.74, 6) is 1.97. The molecule has 3 N–H and O–H groups in total. The zero-order chi connectivity index (χ0) is 16.4. The Labute approximate surface area is 138 Å². The Morgan fingerprint density at radius 2 is 1.87 bits per heavy atom. The van der Waals surface area contributed by atoms with Gasteiger partial charge < -0.3 is 15.8 Å². The molecule has 0 spiro atoms. The molecule has 2 fully saturated rings. The number of hydrogen-bond donors (Lipinski definition) is 2. The summed E-state index contributed by atoms with van der Waals surface area (Å²) in [6.45, 7) is 3.98. The summed E-state index contributed by atoms with van der Waals surface area (Å²) in [6.07, 6.45) is 5.55. The number of ether oxygens (including phenoxy) is 1. The Morgan fingerprint density at radius 3 is 2.52 bits per heavy atom. The lowest BCUT2D eigenvalue weighted by molar-refractivity contribution is -0.122. The lowest BCUT2D eigenvalue weighted by Crippen LogP contribution is -2.48. The fourth-order valence-electron chi connectivity index (χ4n) is 4.16. The average Bonchev–Trinajstić information content (AvgIpc) is 2.48. The van der Waals surface area contributed by atoms with E-state index in [1.165, 1.54) is 19.3 Å². The first kappa shape index (κ1) is 16.3. The highest BCUT2D eigenvalue weighted by Gasteiger charge is 2.40. The maximum atomic E-state index is 12.7. The zero-order valence-electron chi connectivity index (χ0n) is 14.1. The molecule has 0 radical (unpaired) electrons. The highest BCUT2D eigenvalue weighted by atomic mass is 16.5. The molecular formula is C19H28N2O2. The normalized spacial score (nSPS) is 30.1. The molecule has 2 unspecified atom stereocenters. The first-order valence-corrected chi connectivity index (χ1v) is 8.86. The summed E-state index contributed by atoms with van der Waals surface area (Å²) in [5, 5.41) is 3.08. The molecule has 4 nitrogen and oxygen atoms in total. The van der Waals surface area contributed by atoms with Crippen molar-refractivity contribution in [3.05, 3.63) is 24.3 Å². The molecule has 2 aliphatic carbocycles. The summed E-state index contributed by atoms with van der Waals surface area (Å²) in [7, 11) is 0. The Hall–Kier alpha value is -1.55. The Morgan fingerprint density at radius 1 is 1.22 bits per heavy atom. The highest BCUT2D eigenvalue weighted by molar-refractivity contribution is 5.94. The van der Waals surface area contributed by atoms with Gasteiger partial charge in [0.1, 0.15) is 5.75 Å². The molecule has 2 atom stereocenters. The smallest absolute Gasteiger partial charge is 0.227 e. The maximum Gasteiger partial charge on any atom is 0.227 e. The number of hydrogen-bond acceptors (Lipinski definition) is 3. The number of fused-ring (bicyclic) bond motifs is 2. The Bertz CT molecular complexity index is 544. The topological polar surface area (TPSA) is 64.3 Å². The number of carbonyl (C=O) groups is 1. The first-order chi connectivity index (χ1) is 11.0. The molecule has 2 bridgehead atoms. The second-order valence-electron chi connectivity index (χ2n) is 7.35. The monoisotopic (exact) mass is 316 g/mol. The lowest BCUT2D eigenvalue weighted by atomic mass is 9.65. The molecule has 23 heavy (non-hydrogen) atoms. The van der Waals surface area contributed by atoms with Crippen molar-refractivity contribution in [2.45, 2.75) is 58.1 Å². The van der Waals surface area contributed by atoms with E-state index in [-0.39, 0.29) is 17.9 Å². The van der Waals surface area contributed by atoms with Gasteiger partial charge in [-0.3, -0.25) is 4.79 Å². The van der Waals surface area contributed by atoms with Gasteiger partial charge in [-0.25, -0.2) is 0 Å². The highest BCUT2D eigenvalue weighted by Crippen LogP contribution is 2.42. The Kier molecular flexibility index (Phi) is 4.90. The second-order valence-corrected chi connectivity index (χ2v) is 7.35. The fourth-order valence-corrected chi connectivity index (χ4v) is 4.16. The third-order valence-electron chi connectivity index (χ3n) is 5.29. The van der Waals surface area contributed by atoms with Gasteiger partial charge in [-0.05, 0) is 63.5 Å². The van der Waals surface area contributed by atoms with Crippen LogP contribution in [0.15, 0.2) is 24.3 Å². The summed E-state index contributed by atoms with van der Waals surface area (Å²) in [4.78, 5) is 12.7. The largest absolute Gasteiger partial charge is 0.489 e. The van der Waals surface area contributed by atoms with Crippen LogP contribution in [0.2, 0.25) is 0 Å². The quantitative estimate of drug-likeness (QED) is 0.892. The van der Waals surface area contributed by atoms with E-state index in [0.717, 1.165) is 24.3 Å². The molecule has 2 aliphatic rings. The third kappa shape index (κ3) is 3.69. The van der Waals surface area contributed by atoms with Crippen LogP contribution in [0.25, 0.3) is 0 Å². The van der Waals surface area contributed by atoms with Gasteiger partial charge in [-0.15, -0.1) is 0 Å². The second kappa shape index (κ2) is 6.91. The van der Waals surface area contributed by atoms with Gasteiger partial charge in [-0.2, -0.15) is 0 Å². The number of carbonyl (C=O) groups excluding carboxylic acids is 1. The van der Waals surface area contributed by atoms with E-state index in [0.29, 0.717) is 17.9 Å². The van der Waals surface area contributed by atoms with E-state index < -0.39 is 0 Å². The Balaban J connectivity index is 1.68. The van der Waals surface area contributed by atoms with Crippen molar-refractivity contribution in [2.75, 3.05) is 5.32 Å². The number of anilines is 1. The van der Waals surface area contributed by atoms with Crippen molar-refractivity contribution in [1.82, 2.24) is 0 Å². The molecule has 4 heteroatoms. The van der Waals surface area contributed by atoms with Crippen molar-refractivity contribution < 1.29 is 9.53 Å². The predicted octanol–water partition coefficient (Wildman–Crippen LogP) is 3.57. The zero-order valence-corrected chi connectivity index (χ0v) is 14.1. The molecule has 1 aromatic rings. The van der Waals surface area contributed by atoms with E-state index in [1.807, 2.05) is 38.1 Å². The van der Waals surface area contributed by atoms with Gasteiger partial charge >= 0.3 is 0 Å². The van der Waals surface area contributed by atoms with Gasteiger partial charge in [0.05, 0.1) is 11.8 Å². The van der Waals surface area contributed by atoms with Gasteiger partial charge in [-0.1, -0.05) is 18.6 Å². The van der Waals surface area contributed by atoms with Crippen LogP contribution in [-0.2, 0) is 4.79 Å². The average molecular weight is 316 g/mol. The summed E-state index contributed by atoms with van der Waals surface area (Å²) in [5.41, 5.74) is 7.10. The number of amides is 1. The predicted molar refractivity (Wildman–Crippen MR) is 92.4 cm³/mol. The molecule has 1 amide bonds. The van der Waals surface area contributed by atoms with Crippen LogP contribution in [0, 0.1) is 17.8 Å². The van der Waals surface area contributed by atoms with Crippen molar-refractivity contribution in [3.63, 3.8) is 0 Å². The standard InChI is InChI=1S/C19H28N2O2/c1-12(2)23-17-9-4-3-8-16(17)21-19(22)15-10-13-6-5-7-14(11-15)18(13)20/h3-4,8-9,12-15,18H,5-7,10-11,20H2,1-2H3,(H,21,22). The van der Waals surface area contributed by atoms with Crippen LogP contribution >= 0.6 is 0 Å². The maximum absolute atomic E-state index is 12.7. The molecule has 0 aliphatic heterocycles. The minimum atomic E-state index is 0.0807. The van der Waals surface area contributed by atoms with E-state index >= 15 is 0 Å². The van der Waals surface area contributed by atoms with Crippen LogP contribution in [0.5, 0.6) is 5.75 Å². The van der Waals surface area contributed by atoms with E-state index in [9.17, 15) is 4.79 Å². The number of rotatable bonds is 4. The van der Waals surface area contributed by atoms with Crippen LogP contribution in [0.1, 0.15) is 46.0 Å². The van der Waals surface area contributed by atoms with Crippen LogP contribution in [0.4, 0.5) is 5.69 Å². The molecule has 2 saturated carbocycles. The van der Waals surface area contributed by atoms with Crippen LogP contribution in [-0.4, -0.2) is 18.1 Å². The molecular weight excluding hydrogens is 288 g/mol. The van der Waals surface area contributed by atoms with Crippen molar-refractivity contribution in [1.29, 1.82) is 0 Å². The summed E-state index contributed by atoms with van der Waals surface area (Å²) >= 11 is 0. The van der Waals surface area contributed by atoms with Gasteiger partial charge in [0.15, 0.2) is 0 Å². The minimum Gasteiger partial charge on any atom is -0.489 e. The molecule has 126 valence electrons. The molecule has 0 aromatic heterocycles. The van der Waals surface area contributed by atoms with Gasteiger partial charge in [0.2, 0.25) is 5.91 Å². The molecule has 0 saturated heterocycles. The van der Waals surface area contributed by atoms with Gasteiger partial charge in [0, 0.05) is 12.0 Å². The van der Waals surface area contributed by atoms with Crippen molar-refractivity contribution in [2.24, 2.45) is 23.5 Å². The van der Waals surface area contributed by atoms with E-state index in [4.69, 9.17) is 10.5 Å². The van der Waals surface area contributed by atoms with Crippen LogP contribution in [0.3, 0.4) is 0 Å². The number of para-hydroxylation sites is 2. The van der Waals surface area contributed by atoms with Crippen molar-refractivity contribution >= 4 is 11.6 Å². The third-order valence-corrected chi connectivity index (χ3v) is 5.29. The number of nitrogens with two attached hydrogens (primary N) is 1. The minimum absolute atomic E-state index is 0.0807. The molecule has 3 rings (SSSR count). The number of benzene rings is 1. The fraction of sp³-hybridized carbons (Fsp3) is 0.632. The van der Waals surface area contributed by atoms with E-state index in [1.54, 1.807) is 0 Å². The molecule has 1 aromatic carbocycles. The van der Waals surface area contributed by atoms with Crippen LogP contribution < -0.4 is 15.8 Å². The van der Waals surface area contributed by atoms with E-state index in [2.05, 4.69) is 5.32 Å². The van der Waals surface area contributed by atoms with Crippen molar-refractivity contribution in [3.8, 4) is 5.75 Å². The van der Waals surface area contributed by atoms with Gasteiger partial charge in [0.25, 0.3) is 0 Å². The lowest BCUT2D eigenvalue weighted by Gasteiger charge is -2.43.